The van der Waals surface area contributed by atoms with Gasteiger partial charge in [-0.05, 0) is 43.6 Å². The monoisotopic (exact) mass is 289 g/mol. The van der Waals surface area contributed by atoms with Gasteiger partial charge in [-0.1, -0.05) is 12.0 Å². The van der Waals surface area contributed by atoms with E-state index < -0.39 is 0 Å². The van der Waals surface area contributed by atoms with Gasteiger partial charge in [0.25, 0.3) is 0 Å². The van der Waals surface area contributed by atoms with Crippen molar-refractivity contribution in [1.82, 2.24) is 15.6 Å². The Hall–Kier alpha value is -2.13. The fourth-order valence-electron chi connectivity index (χ4n) is 1.57. The Labute approximate surface area is 125 Å². The number of nitrogens with zero attached hydrogens (tertiary/aromatic N) is 2. The number of aryl methyl sites for hydroxylation is 2. The van der Waals surface area contributed by atoms with Gasteiger partial charge in [0.1, 0.15) is 6.54 Å². The number of nitrogens with two attached hydrogens (primary N) is 1. The van der Waals surface area contributed by atoms with Crippen LogP contribution in [0.15, 0.2) is 23.3 Å². The van der Waals surface area contributed by atoms with Crippen molar-refractivity contribution in [3.8, 4) is 12.3 Å². The first-order chi connectivity index (χ1) is 9.63. The molecule has 1 heterocycles. The molecular formula is C14H19N5S. The van der Waals surface area contributed by atoms with Gasteiger partial charge in [0.15, 0.2) is 11.1 Å². The minimum Gasteiger partial charge on any atom is -0.370 e. The fraction of sp³-hybridized carbons (Fsp3) is 0.357. The maximum absolute atomic E-state index is 5.58. The Balaban J connectivity index is 2.23. The van der Waals surface area contributed by atoms with Crippen LogP contribution in [0.1, 0.15) is 17.7 Å². The summed E-state index contributed by atoms with van der Waals surface area (Å²) in [5.74, 6) is 2.59. The van der Waals surface area contributed by atoms with Gasteiger partial charge >= 0.3 is 0 Å². The zero-order chi connectivity index (χ0) is 14.8. The largest absolute Gasteiger partial charge is 0.370 e. The number of thiocarbonyl (C=S) groups is 1. The number of pyridine rings is 1. The number of hydrogen-bond acceptors (Lipinski definition) is 3. The van der Waals surface area contributed by atoms with E-state index in [2.05, 4.69) is 39.5 Å². The average molecular weight is 289 g/mol. The Morgan fingerprint density at radius 1 is 1.60 bits per heavy atom. The first kappa shape index (κ1) is 15.9. The highest BCUT2D eigenvalue weighted by atomic mass is 32.1. The summed E-state index contributed by atoms with van der Waals surface area (Å²) < 4.78 is 0. The lowest BCUT2D eigenvalue weighted by atomic mass is 10.1. The summed E-state index contributed by atoms with van der Waals surface area (Å²) in [6.45, 7) is 3.04. The molecule has 0 aliphatic heterocycles. The van der Waals surface area contributed by atoms with Crippen LogP contribution in [-0.4, -0.2) is 29.1 Å². The van der Waals surface area contributed by atoms with Crippen molar-refractivity contribution in [1.29, 1.82) is 0 Å². The first-order valence-electron chi connectivity index (χ1n) is 6.32. The second-order valence-corrected chi connectivity index (χ2v) is 4.57. The number of rotatable bonds is 5. The summed E-state index contributed by atoms with van der Waals surface area (Å²) in [5, 5.41) is 6.27. The molecule has 0 atom stereocenters. The maximum Gasteiger partial charge on any atom is 0.195 e. The van der Waals surface area contributed by atoms with E-state index in [0.717, 1.165) is 25.1 Å². The molecule has 0 unspecified atom stereocenters. The molecule has 20 heavy (non-hydrogen) atoms. The molecule has 0 radical (unpaired) electrons. The van der Waals surface area contributed by atoms with E-state index in [-0.39, 0.29) is 12.5 Å². The van der Waals surface area contributed by atoms with Crippen LogP contribution in [0, 0.1) is 19.3 Å². The third-order valence-corrected chi connectivity index (χ3v) is 2.82. The van der Waals surface area contributed by atoms with E-state index in [1.54, 1.807) is 0 Å². The van der Waals surface area contributed by atoms with E-state index >= 15 is 0 Å². The fourth-order valence-corrected chi connectivity index (χ4v) is 1.78. The van der Waals surface area contributed by atoms with Gasteiger partial charge in [-0.2, -0.15) is 0 Å². The molecule has 1 aromatic heterocycles. The molecule has 0 saturated carbocycles. The van der Waals surface area contributed by atoms with Crippen LogP contribution in [0.25, 0.3) is 0 Å². The predicted molar refractivity (Wildman–Crippen MR) is 86.4 cm³/mol. The molecule has 0 aliphatic rings. The van der Waals surface area contributed by atoms with Crippen molar-refractivity contribution in [2.75, 3.05) is 13.1 Å². The predicted octanol–water partition coefficient (Wildman–Crippen LogP) is 0.735. The van der Waals surface area contributed by atoms with Gasteiger partial charge in [-0.25, -0.2) is 4.99 Å². The zero-order valence-electron chi connectivity index (χ0n) is 11.5. The minimum atomic E-state index is 0.223. The molecule has 0 spiro atoms. The first-order valence-corrected chi connectivity index (χ1v) is 6.73. The van der Waals surface area contributed by atoms with Crippen LogP contribution < -0.4 is 16.4 Å². The lowest BCUT2D eigenvalue weighted by molar-refractivity contribution is 0.753. The van der Waals surface area contributed by atoms with Crippen molar-refractivity contribution < 1.29 is 0 Å². The van der Waals surface area contributed by atoms with Crippen molar-refractivity contribution in [2.24, 2.45) is 10.7 Å². The van der Waals surface area contributed by atoms with Gasteiger partial charge < -0.3 is 16.4 Å². The van der Waals surface area contributed by atoms with Crippen molar-refractivity contribution in [3.05, 3.63) is 29.6 Å². The molecule has 0 amide bonds. The van der Waals surface area contributed by atoms with E-state index in [4.69, 9.17) is 24.4 Å². The zero-order valence-corrected chi connectivity index (χ0v) is 12.3. The molecule has 1 aromatic rings. The van der Waals surface area contributed by atoms with E-state index in [9.17, 15) is 0 Å². The highest BCUT2D eigenvalue weighted by molar-refractivity contribution is 7.80. The normalized spacial score (nSPS) is 10.7. The van der Waals surface area contributed by atoms with Crippen LogP contribution in [-0.2, 0) is 6.42 Å². The molecule has 0 saturated heterocycles. The van der Waals surface area contributed by atoms with Crippen molar-refractivity contribution in [3.63, 3.8) is 0 Å². The number of nitrogens with one attached hydrogen (secondary N) is 2. The summed E-state index contributed by atoms with van der Waals surface area (Å²) in [6, 6.07) is 4.00. The third kappa shape index (κ3) is 6.16. The van der Waals surface area contributed by atoms with Gasteiger partial charge in [0.2, 0.25) is 0 Å². The molecule has 6 heteroatoms. The van der Waals surface area contributed by atoms with Crippen LogP contribution >= 0.6 is 12.2 Å². The smallest absolute Gasteiger partial charge is 0.195 e. The average Bonchev–Trinajstić information content (AvgIpc) is 2.43. The third-order valence-electron chi connectivity index (χ3n) is 2.58. The number of hydrogen-bond donors (Lipinski definition) is 3. The SMILES string of the molecule is C#CCN=C(N)NC(=S)NCCCc1ncccc1C. The standard InChI is InChI=1S/C14H19N5S/c1-3-8-17-13(15)19-14(20)18-10-5-7-12-11(2)6-4-9-16-12/h1,4,6,9H,5,7-8,10H2,2H3,(H4,15,17,18,19,20). The Bertz CT molecular complexity index is 519. The summed E-state index contributed by atoms with van der Waals surface area (Å²) in [5.41, 5.74) is 7.90. The molecule has 4 N–H and O–H groups in total. The highest BCUT2D eigenvalue weighted by Crippen LogP contribution is 2.05. The van der Waals surface area contributed by atoms with E-state index in [1.807, 2.05) is 12.3 Å². The maximum atomic E-state index is 5.58. The van der Waals surface area contributed by atoms with E-state index in [0.29, 0.717) is 5.11 Å². The number of guanidine groups is 1. The number of terminal acetylenes is 1. The summed E-state index contributed by atoms with van der Waals surface area (Å²) in [6.07, 6.45) is 8.73. The molecule has 0 aliphatic carbocycles. The quantitative estimate of drug-likeness (QED) is 0.245. The van der Waals surface area contributed by atoms with Gasteiger partial charge in [0, 0.05) is 18.4 Å². The van der Waals surface area contributed by atoms with Gasteiger partial charge in [0.05, 0.1) is 0 Å². The Morgan fingerprint density at radius 3 is 3.10 bits per heavy atom. The van der Waals surface area contributed by atoms with Crippen LogP contribution in [0.2, 0.25) is 0 Å². The van der Waals surface area contributed by atoms with Gasteiger partial charge in [-0.3, -0.25) is 4.98 Å². The lowest BCUT2D eigenvalue weighted by Crippen LogP contribution is -2.43. The number of aromatic nitrogens is 1. The molecule has 0 aromatic carbocycles. The highest BCUT2D eigenvalue weighted by Gasteiger charge is 2.00. The topological polar surface area (TPSA) is 75.3 Å². The second kappa shape index (κ2) is 8.88. The van der Waals surface area contributed by atoms with Crippen molar-refractivity contribution in [2.45, 2.75) is 19.8 Å². The van der Waals surface area contributed by atoms with Crippen LogP contribution in [0.5, 0.6) is 0 Å². The molecular weight excluding hydrogens is 270 g/mol. The molecule has 0 fully saturated rings. The summed E-state index contributed by atoms with van der Waals surface area (Å²) in [4.78, 5) is 8.22. The summed E-state index contributed by atoms with van der Waals surface area (Å²) in [7, 11) is 0. The number of aliphatic imine (C=N–C) groups is 1. The second-order valence-electron chi connectivity index (χ2n) is 4.16. The Kier molecular flexibility index (Phi) is 7.07. The van der Waals surface area contributed by atoms with Crippen LogP contribution in [0.4, 0.5) is 0 Å². The molecule has 0 bridgehead atoms. The van der Waals surface area contributed by atoms with Crippen molar-refractivity contribution >= 4 is 23.3 Å². The summed E-state index contributed by atoms with van der Waals surface area (Å²) >= 11 is 5.09. The minimum absolute atomic E-state index is 0.223. The lowest BCUT2D eigenvalue weighted by Gasteiger charge is -2.09. The van der Waals surface area contributed by atoms with E-state index in [1.165, 1.54) is 5.56 Å². The molecule has 5 nitrogen and oxygen atoms in total. The molecule has 1 rings (SSSR count). The van der Waals surface area contributed by atoms with Crippen LogP contribution in [0.3, 0.4) is 0 Å². The molecule has 106 valence electrons. The Morgan fingerprint density at radius 2 is 2.40 bits per heavy atom. The van der Waals surface area contributed by atoms with Gasteiger partial charge in [-0.15, -0.1) is 6.42 Å².